The van der Waals surface area contributed by atoms with Crippen molar-refractivity contribution in [3.8, 4) is 5.75 Å². The van der Waals surface area contributed by atoms with Crippen LogP contribution in [0.1, 0.15) is 35.2 Å². The van der Waals surface area contributed by atoms with Crippen LogP contribution in [0, 0.1) is 0 Å². The first-order valence-electron chi connectivity index (χ1n) is 6.46. The van der Waals surface area contributed by atoms with Crippen molar-refractivity contribution < 1.29 is 14.7 Å². The van der Waals surface area contributed by atoms with E-state index in [9.17, 15) is 14.7 Å². The molecule has 0 bridgehead atoms. The highest BCUT2D eigenvalue weighted by Gasteiger charge is 2.23. The first-order chi connectivity index (χ1) is 9.59. The molecule has 0 aromatic heterocycles. The fourth-order valence-electron chi connectivity index (χ4n) is 2.18. The van der Waals surface area contributed by atoms with E-state index >= 15 is 0 Å². The number of hydrogen-bond acceptors (Lipinski definition) is 3. The predicted molar refractivity (Wildman–Crippen MR) is 76.9 cm³/mol. The molecular formula is C17H16O3. The van der Waals surface area contributed by atoms with Crippen molar-refractivity contribution in [2.45, 2.75) is 19.3 Å². The van der Waals surface area contributed by atoms with Crippen LogP contribution in [-0.2, 0) is 4.79 Å². The summed E-state index contributed by atoms with van der Waals surface area (Å²) in [5, 5.41) is 9.85. The Morgan fingerprint density at radius 1 is 1.00 bits per heavy atom. The average Bonchev–Trinajstić information content (AvgIpc) is 2.46. The number of hydrogen-bond donors (Lipinski definition) is 1. The minimum Gasteiger partial charge on any atom is -0.508 e. The molecule has 0 fully saturated rings. The van der Waals surface area contributed by atoms with E-state index in [0.717, 1.165) is 0 Å². The monoisotopic (exact) mass is 268 g/mol. The van der Waals surface area contributed by atoms with E-state index in [1.165, 1.54) is 13.0 Å². The second-order valence-electron chi connectivity index (χ2n) is 4.72. The lowest BCUT2D eigenvalue weighted by Crippen LogP contribution is -2.14. The number of rotatable bonds is 5. The molecule has 0 saturated carbocycles. The van der Waals surface area contributed by atoms with Crippen molar-refractivity contribution in [1.29, 1.82) is 0 Å². The van der Waals surface area contributed by atoms with Crippen LogP contribution in [0.15, 0.2) is 54.6 Å². The topological polar surface area (TPSA) is 54.4 Å². The summed E-state index contributed by atoms with van der Waals surface area (Å²) in [5.41, 5.74) is 1.08. The van der Waals surface area contributed by atoms with Crippen molar-refractivity contribution in [3.63, 3.8) is 0 Å². The van der Waals surface area contributed by atoms with E-state index in [1.54, 1.807) is 42.5 Å². The Kier molecular flexibility index (Phi) is 4.31. The van der Waals surface area contributed by atoms with Crippen molar-refractivity contribution >= 4 is 11.6 Å². The molecule has 0 saturated heterocycles. The first kappa shape index (κ1) is 14.0. The Labute approximate surface area is 117 Å². The van der Waals surface area contributed by atoms with Crippen LogP contribution < -0.4 is 0 Å². The van der Waals surface area contributed by atoms with Crippen LogP contribution in [0.25, 0.3) is 0 Å². The molecule has 0 heterocycles. The second kappa shape index (κ2) is 6.15. The van der Waals surface area contributed by atoms with Gasteiger partial charge in [0.1, 0.15) is 11.5 Å². The van der Waals surface area contributed by atoms with Gasteiger partial charge in [0.2, 0.25) is 0 Å². The molecule has 3 nitrogen and oxygen atoms in total. The maximum Gasteiger partial charge on any atom is 0.163 e. The van der Waals surface area contributed by atoms with Gasteiger partial charge in [-0.25, -0.2) is 0 Å². The van der Waals surface area contributed by atoms with Crippen molar-refractivity contribution in [3.05, 3.63) is 65.7 Å². The number of aromatic hydroxyl groups is 1. The number of ketones is 2. The van der Waals surface area contributed by atoms with Gasteiger partial charge in [-0.15, -0.1) is 0 Å². The molecule has 0 aliphatic rings. The molecule has 102 valence electrons. The Morgan fingerprint density at radius 3 is 2.20 bits per heavy atom. The maximum absolute atomic E-state index is 12.2. The number of phenolic OH excluding ortho intramolecular Hbond substituents is 1. The molecule has 2 rings (SSSR count). The van der Waals surface area contributed by atoms with Gasteiger partial charge in [0.05, 0.1) is 5.92 Å². The molecule has 0 aliphatic carbocycles. The zero-order valence-corrected chi connectivity index (χ0v) is 11.2. The normalized spacial score (nSPS) is 11.8. The summed E-state index contributed by atoms with van der Waals surface area (Å²) in [7, 11) is 0. The number of benzene rings is 2. The van der Waals surface area contributed by atoms with Gasteiger partial charge in [-0.05, 0) is 13.0 Å². The van der Waals surface area contributed by atoms with Gasteiger partial charge in [-0.1, -0.05) is 48.5 Å². The van der Waals surface area contributed by atoms with Gasteiger partial charge >= 0.3 is 0 Å². The predicted octanol–water partition coefficient (Wildman–Crippen LogP) is 3.34. The smallest absolute Gasteiger partial charge is 0.163 e. The van der Waals surface area contributed by atoms with Crippen LogP contribution in [-0.4, -0.2) is 16.7 Å². The Balaban J connectivity index is 2.26. The van der Waals surface area contributed by atoms with Gasteiger partial charge in [0, 0.05) is 17.5 Å². The maximum atomic E-state index is 12.2. The van der Waals surface area contributed by atoms with E-state index < -0.39 is 5.92 Å². The molecule has 0 spiro atoms. The second-order valence-corrected chi connectivity index (χ2v) is 4.72. The SMILES string of the molecule is CC(=O)[C@@H](CC(=O)c1ccccc1)c1ccccc1O. The third-order valence-electron chi connectivity index (χ3n) is 3.29. The standard InChI is InChI=1S/C17H16O3/c1-12(18)15(14-9-5-6-10-16(14)19)11-17(20)13-7-3-2-4-8-13/h2-10,15,19H,11H2,1H3/t15-/m1/s1. The number of para-hydroxylation sites is 1. The number of phenols is 1. The van der Waals surface area contributed by atoms with E-state index in [2.05, 4.69) is 0 Å². The third-order valence-corrected chi connectivity index (χ3v) is 3.29. The van der Waals surface area contributed by atoms with Gasteiger partial charge in [-0.3, -0.25) is 9.59 Å². The third kappa shape index (κ3) is 3.12. The molecule has 0 radical (unpaired) electrons. The Bertz CT molecular complexity index is 617. The highest BCUT2D eigenvalue weighted by Crippen LogP contribution is 2.29. The van der Waals surface area contributed by atoms with Gasteiger partial charge < -0.3 is 5.11 Å². The van der Waals surface area contributed by atoms with Crippen LogP contribution in [0.4, 0.5) is 0 Å². The summed E-state index contributed by atoms with van der Waals surface area (Å²) >= 11 is 0. The molecule has 1 N–H and O–H groups in total. The van der Waals surface area contributed by atoms with Crippen LogP contribution in [0.3, 0.4) is 0 Å². The molecule has 20 heavy (non-hydrogen) atoms. The van der Waals surface area contributed by atoms with Crippen molar-refractivity contribution in [2.24, 2.45) is 0 Å². The molecule has 2 aromatic rings. The number of carbonyl (C=O) groups excluding carboxylic acids is 2. The fourth-order valence-corrected chi connectivity index (χ4v) is 2.18. The lowest BCUT2D eigenvalue weighted by molar-refractivity contribution is -0.118. The highest BCUT2D eigenvalue weighted by atomic mass is 16.3. The summed E-state index contributed by atoms with van der Waals surface area (Å²) in [6.45, 7) is 1.44. The Morgan fingerprint density at radius 2 is 1.60 bits per heavy atom. The lowest BCUT2D eigenvalue weighted by atomic mass is 9.88. The number of carbonyl (C=O) groups is 2. The van der Waals surface area contributed by atoms with Crippen LogP contribution in [0.2, 0.25) is 0 Å². The average molecular weight is 268 g/mol. The van der Waals surface area contributed by atoms with E-state index in [1.807, 2.05) is 6.07 Å². The molecule has 0 unspecified atom stereocenters. The quantitative estimate of drug-likeness (QED) is 0.846. The van der Waals surface area contributed by atoms with Crippen molar-refractivity contribution in [2.75, 3.05) is 0 Å². The summed E-state index contributed by atoms with van der Waals surface area (Å²) in [4.78, 5) is 24.0. The summed E-state index contributed by atoms with van der Waals surface area (Å²) < 4.78 is 0. The molecular weight excluding hydrogens is 252 g/mol. The molecule has 2 aromatic carbocycles. The van der Waals surface area contributed by atoms with Gasteiger partial charge in [0.25, 0.3) is 0 Å². The van der Waals surface area contributed by atoms with Crippen molar-refractivity contribution in [1.82, 2.24) is 0 Å². The lowest BCUT2D eigenvalue weighted by Gasteiger charge is -2.15. The molecule has 1 atom stereocenters. The number of Topliss-reactive ketones (excluding diaryl/α,β-unsaturated/α-hetero) is 2. The highest BCUT2D eigenvalue weighted by molar-refractivity contribution is 6.00. The fraction of sp³-hybridized carbons (Fsp3) is 0.176. The van der Waals surface area contributed by atoms with Gasteiger partial charge in [0.15, 0.2) is 5.78 Å². The first-order valence-corrected chi connectivity index (χ1v) is 6.46. The van der Waals surface area contributed by atoms with Crippen LogP contribution in [0.5, 0.6) is 5.75 Å². The summed E-state index contributed by atoms with van der Waals surface area (Å²) in [6, 6.07) is 15.5. The summed E-state index contributed by atoms with van der Waals surface area (Å²) in [6.07, 6.45) is 0.0664. The zero-order valence-electron chi connectivity index (χ0n) is 11.2. The Hall–Kier alpha value is -2.42. The minimum absolute atomic E-state index is 0.0496. The van der Waals surface area contributed by atoms with Gasteiger partial charge in [-0.2, -0.15) is 0 Å². The zero-order chi connectivity index (χ0) is 14.5. The van der Waals surface area contributed by atoms with E-state index in [-0.39, 0.29) is 23.7 Å². The van der Waals surface area contributed by atoms with E-state index in [4.69, 9.17) is 0 Å². The minimum atomic E-state index is -0.607. The van der Waals surface area contributed by atoms with E-state index in [0.29, 0.717) is 11.1 Å². The van der Waals surface area contributed by atoms with Crippen LogP contribution >= 0.6 is 0 Å². The summed E-state index contributed by atoms with van der Waals surface area (Å²) in [5.74, 6) is -0.790. The molecule has 0 aliphatic heterocycles. The largest absolute Gasteiger partial charge is 0.508 e. The molecule has 3 heteroatoms. The molecule has 0 amide bonds.